The van der Waals surface area contributed by atoms with E-state index >= 15 is 0 Å². The molecule has 0 radical (unpaired) electrons. The molecule has 1 saturated heterocycles. The molecule has 124 valence electrons. The second-order valence-electron chi connectivity index (χ2n) is 6.35. The quantitative estimate of drug-likeness (QED) is 0.630. The van der Waals surface area contributed by atoms with Crippen molar-refractivity contribution in [1.82, 2.24) is 4.90 Å². The molecular formula is C18H23NO4. The second kappa shape index (κ2) is 5.96. The zero-order chi connectivity index (χ0) is 16.6. The Morgan fingerprint density at radius 3 is 2.91 bits per heavy atom. The van der Waals surface area contributed by atoms with Crippen LogP contribution in [-0.2, 0) is 26.3 Å². The number of esters is 1. The first-order valence-corrected chi connectivity index (χ1v) is 8.10. The van der Waals surface area contributed by atoms with Crippen LogP contribution in [0.5, 0.6) is 5.75 Å². The van der Waals surface area contributed by atoms with Crippen LogP contribution in [0.4, 0.5) is 0 Å². The summed E-state index contributed by atoms with van der Waals surface area (Å²) in [7, 11) is 3.67. The van der Waals surface area contributed by atoms with Gasteiger partial charge in [0.05, 0.1) is 19.3 Å². The average molecular weight is 317 g/mol. The van der Waals surface area contributed by atoms with E-state index in [1.165, 1.54) is 5.56 Å². The number of fused-ring (bicyclic) bond motifs is 2. The highest BCUT2D eigenvalue weighted by atomic mass is 16.5. The molecular weight excluding hydrogens is 294 g/mol. The van der Waals surface area contributed by atoms with Crippen LogP contribution in [0.25, 0.3) is 0 Å². The number of ketones is 1. The van der Waals surface area contributed by atoms with Crippen LogP contribution < -0.4 is 4.74 Å². The maximum Gasteiger partial charge on any atom is 0.317 e. The van der Waals surface area contributed by atoms with Gasteiger partial charge in [-0.25, -0.2) is 0 Å². The van der Waals surface area contributed by atoms with E-state index in [1.807, 2.05) is 19.2 Å². The molecule has 23 heavy (non-hydrogen) atoms. The Hall–Kier alpha value is -1.88. The summed E-state index contributed by atoms with van der Waals surface area (Å²) in [4.78, 5) is 26.8. The van der Waals surface area contributed by atoms with Crippen molar-refractivity contribution >= 4 is 11.8 Å². The van der Waals surface area contributed by atoms with Crippen molar-refractivity contribution in [3.8, 4) is 5.75 Å². The highest BCUT2D eigenvalue weighted by Gasteiger charge is 2.51. The average Bonchev–Trinajstić information content (AvgIpc) is 2.91. The molecule has 0 bridgehead atoms. The lowest BCUT2D eigenvalue weighted by atomic mass is 9.77. The predicted octanol–water partition coefficient (Wildman–Crippen LogP) is 1.92. The molecule has 2 unspecified atom stereocenters. The number of benzene rings is 1. The Morgan fingerprint density at radius 1 is 1.43 bits per heavy atom. The highest BCUT2D eigenvalue weighted by molar-refractivity contribution is 6.00. The fraction of sp³-hybridized carbons (Fsp3) is 0.556. The molecule has 1 heterocycles. The molecule has 1 aromatic rings. The van der Waals surface area contributed by atoms with Crippen molar-refractivity contribution in [3.05, 3.63) is 29.3 Å². The predicted molar refractivity (Wildman–Crippen MR) is 85.4 cm³/mol. The van der Waals surface area contributed by atoms with E-state index in [4.69, 9.17) is 9.47 Å². The van der Waals surface area contributed by atoms with Gasteiger partial charge in [-0.3, -0.25) is 14.5 Å². The molecule has 1 aromatic carbocycles. The number of likely N-dealkylation sites (tertiary alicyclic amines) is 1. The summed E-state index contributed by atoms with van der Waals surface area (Å²) in [5.74, 6) is -0.201. The van der Waals surface area contributed by atoms with E-state index in [2.05, 4.69) is 11.0 Å². The van der Waals surface area contributed by atoms with Crippen molar-refractivity contribution in [3.63, 3.8) is 0 Å². The Morgan fingerprint density at radius 2 is 2.22 bits per heavy atom. The van der Waals surface area contributed by atoms with E-state index in [0.29, 0.717) is 19.6 Å². The van der Waals surface area contributed by atoms with Crippen molar-refractivity contribution in [2.24, 2.45) is 5.92 Å². The van der Waals surface area contributed by atoms with E-state index in [1.54, 1.807) is 14.0 Å². The summed E-state index contributed by atoms with van der Waals surface area (Å²) in [6.07, 6.45) is 2.12. The van der Waals surface area contributed by atoms with E-state index in [9.17, 15) is 9.59 Å². The van der Waals surface area contributed by atoms with Crippen molar-refractivity contribution in [1.29, 1.82) is 0 Å². The molecule has 2 atom stereocenters. The number of carbonyl (C=O) groups excluding carboxylic acids is 2. The molecule has 5 heteroatoms. The summed E-state index contributed by atoms with van der Waals surface area (Å²) < 4.78 is 10.5. The molecule has 0 amide bonds. The first-order chi connectivity index (χ1) is 11.0. The summed E-state index contributed by atoms with van der Waals surface area (Å²) in [6, 6.07) is 6.02. The number of carbonyl (C=O) groups is 2. The monoisotopic (exact) mass is 317 g/mol. The van der Waals surface area contributed by atoms with E-state index in [-0.39, 0.29) is 11.3 Å². The molecule has 0 saturated carbocycles. The van der Waals surface area contributed by atoms with Gasteiger partial charge in [0, 0.05) is 13.0 Å². The lowest BCUT2D eigenvalue weighted by Gasteiger charge is -2.44. The normalized spacial score (nSPS) is 27.1. The maximum atomic E-state index is 12.6. The van der Waals surface area contributed by atoms with Crippen LogP contribution in [0.3, 0.4) is 0 Å². The van der Waals surface area contributed by atoms with Gasteiger partial charge >= 0.3 is 5.97 Å². The first-order valence-electron chi connectivity index (χ1n) is 8.10. The number of hydrogen-bond acceptors (Lipinski definition) is 5. The van der Waals surface area contributed by atoms with Crippen molar-refractivity contribution < 1.29 is 19.1 Å². The van der Waals surface area contributed by atoms with Crippen molar-refractivity contribution in [2.75, 3.05) is 27.3 Å². The number of nitrogens with zero attached hydrogens (tertiary/aromatic N) is 1. The van der Waals surface area contributed by atoms with Crippen molar-refractivity contribution in [2.45, 2.75) is 31.7 Å². The summed E-state index contributed by atoms with van der Waals surface area (Å²) in [5.41, 5.74) is 2.03. The van der Waals surface area contributed by atoms with Crippen LogP contribution in [-0.4, -0.2) is 44.0 Å². The van der Waals surface area contributed by atoms with E-state index < -0.39 is 11.9 Å². The third kappa shape index (κ3) is 2.43. The molecule has 1 fully saturated rings. The molecule has 2 aliphatic rings. The third-order valence-electron chi connectivity index (χ3n) is 5.26. The first kappa shape index (κ1) is 16.0. The minimum Gasteiger partial charge on any atom is -0.496 e. The van der Waals surface area contributed by atoms with Gasteiger partial charge in [-0.05, 0) is 44.0 Å². The van der Waals surface area contributed by atoms with Crippen LogP contribution in [0.1, 0.15) is 30.9 Å². The van der Waals surface area contributed by atoms with Gasteiger partial charge in [0.1, 0.15) is 11.7 Å². The van der Waals surface area contributed by atoms with Gasteiger partial charge in [-0.2, -0.15) is 0 Å². The Balaban J connectivity index is 1.93. The largest absolute Gasteiger partial charge is 0.496 e. The third-order valence-corrected chi connectivity index (χ3v) is 5.26. The van der Waals surface area contributed by atoms with Gasteiger partial charge in [0.2, 0.25) is 0 Å². The molecule has 5 nitrogen and oxygen atoms in total. The molecule has 3 rings (SSSR count). The van der Waals surface area contributed by atoms with Gasteiger partial charge < -0.3 is 9.47 Å². The topological polar surface area (TPSA) is 55.8 Å². The Labute approximate surface area is 136 Å². The van der Waals surface area contributed by atoms with Gasteiger partial charge in [0.25, 0.3) is 0 Å². The molecule has 1 aliphatic carbocycles. The molecule has 1 spiro atoms. The number of methoxy groups -OCH3 is 1. The zero-order valence-electron chi connectivity index (χ0n) is 13.9. The number of piperidine rings is 1. The Bertz CT molecular complexity index is 642. The van der Waals surface area contributed by atoms with Crippen LogP contribution in [0.2, 0.25) is 0 Å². The fourth-order valence-electron chi connectivity index (χ4n) is 4.04. The number of ether oxygens (including phenoxy) is 2. The molecule has 0 aromatic heterocycles. The van der Waals surface area contributed by atoms with Gasteiger partial charge in [0.15, 0.2) is 5.78 Å². The van der Waals surface area contributed by atoms with E-state index in [0.717, 1.165) is 24.2 Å². The lowest BCUT2D eigenvalue weighted by Crippen LogP contribution is -2.54. The fourth-order valence-corrected chi connectivity index (χ4v) is 4.04. The number of rotatable bonds is 3. The maximum absolute atomic E-state index is 12.6. The molecule has 1 aliphatic heterocycles. The Kier molecular flexibility index (Phi) is 4.15. The van der Waals surface area contributed by atoms with Crippen LogP contribution >= 0.6 is 0 Å². The number of hydrogen-bond donors (Lipinski definition) is 0. The second-order valence-corrected chi connectivity index (χ2v) is 6.35. The van der Waals surface area contributed by atoms with Crippen LogP contribution in [0, 0.1) is 5.92 Å². The van der Waals surface area contributed by atoms with Crippen LogP contribution in [0.15, 0.2) is 18.2 Å². The molecule has 0 N–H and O–H groups in total. The minimum atomic E-state index is -0.666. The number of Topliss-reactive ketones (excluding diaryl/α,β-unsaturated/α-hetero) is 1. The highest BCUT2D eigenvalue weighted by Crippen LogP contribution is 2.49. The standard InChI is InChI=1S/C18H23NO4/c1-4-23-17(21)13-11-19(2)18(10-15(13)20)9-8-12-14(18)6-5-7-16(12)22-3/h5-7,13H,4,8-11H2,1-3H3. The minimum absolute atomic E-state index is 0.0165. The zero-order valence-corrected chi connectivity index (χ0v) is 13.9. The van der Waals surface area contributed by atoms with Gasteiger partial charge in [-0.1, -0.05) is 12.1 Å². The summed E-state index contributed by atoms with van der Waals surface area (Å²) in [6.45, 7) is 2.47. The van der Waals surface area contributed by atoms with Gasteiger partial charge in [-0.15, -0.1) is 0 Å². The summed E-state index contributed by atoms with van der Waals surface area (Å²) >= 11 is 0. The summed E-state index contributed by atoms with van der Waals surface area (Å²) in [5, 5.41) is 0. The lowest BCUT2D eigenvalue weighted by molar-refractivity contribution is -0.156. The smallest absolute Gasteiger partial charge is 0.317 e. The SMILES string of the molecule is CCOC(=O)C1CN(C)C2(CCc3c(OC)cccc32)CC1=O.